The lowest BCUT2D eigenvalue weighted by atomic mass is 9.96. The molecule has 0 aliphatic carbocycles. The number of hydrogen-bond donors (Lipinski definition) is 0. The summed E-state index contributed by atoms with van der Waals surface area (Å²) in [5.74, 6) is 0.565. The zero-order chi connectivity index (χ0) is 12.0. The second kappa shape index (κ2) is 7.31. The number of rotatable bonds is 6. The minimum atomic E-state index is 0.296. The molecule has 0 bridgehead atoms. The van der Waals surface area contributed by atoms with Gasteiger partial charge in [0.25, 0.3) is 0 Å². The lowest BCUT2D eigenvalue weighted by Crippen LogP contribution is -2.16. The van der Waals surface area contributed by atoms with Gasteiger partial charge in [-0.15, -0.1) is 0 Å². The van der Waals surface area contributed by atoms with E-state index in [0.29, 0.717) is 12.0 Å². The summed E-state index contributed by atoms with van der Waals surface area (Å²) in [6.45, 7) is 2.10. The molecule has 2 atom stereocenters. The van der Waals surface area contributed by atoms with E-state index in [1.54, 1.807) is 7.11 Å². The van der Waals surface area contributed by atoms with Crippen LogP contribution in [0.4, 0.5) is 0 Å². The van der Waals surface area contributed by atoms with Gasteiger partial charge < -0.3 is 4.74 Å². The molecule has 1 aromatic carbocycles. The SMILES string of the molecule is COC(C)CC(CBr)Cc1ccccc1Cl. The van der Waals surface area contributed by atoms with E-state index in [-0.39, 0.29) is 0 Å². The van der Waals surface area contributed by atoms with Crippen molar-refractivity contribution in [1.82, 2.24) is 0 Å². The third-order valence-corrected chi connectivity index (χ3v) is 4.04. The number of halogens is 2. The van der Waals surface area contributed by atoms with Crippen LogP contribution in [0.2, 0.25) is 5.02 Å². The van der Waals surface area contributed by atoms with Gasteiger partial charge in [0.2, 0.25) is 0 Å². The fourth-order valence-corrected chi connectivity index (χ4v) is 2.45. The first-order valence-corrected chi connectivity index (χ1v) is 6.99. The van der Waals surface area contributed by atoms with Gasteiger partial charge in [-0.2, -0.15) is 0 Å². The van der Waals surface area contributed by atoms with Crippen LogP contribution in [0.25, 0.3) is 0 Å². The maximum atomic E-state index is 6.15. The van der Waals surface area contributed by atoms with Gasteiger partial charge in [-0.1, -0.05) is 45.7 Å². The molecule has 3 heteroatoms. The smallest absolute Gasteiger partial charge is 0.0546 e. The van der Waals surface area contributed by atoms with Crippen molar-refractivity contribution < 1.29 is 4.74 Å². The van der Waals surface area contributed by atoms with Crippen molar-refractivity contribution in [3.05, 3.63) is 34.9 Å². The lowest BCUT2D eigenvalue weighted by molar-refractivity contribution is 0.0981. The highest BCUT2D eigenvalue weighted by Gasteiger charge is 2.13. The Labute approximate surface area is 111 Å². The quantitative estimate of drug-likeness (QED) is 0.711. The van der Waals surface area contributed by atoms with Crippen LogP contribution >= 0.6 is 27.5 Å². The minimum absolute atomic E-state index is 0.296. The summed E-state index contributed by atoms with van der Waals surface area (Å²) in [5.41, 5.74) is 1.22. The Kier molecular flexibility index (Phi) is 6.40. The Morgan fingerprint density at radius 1 is 1.38 bits per heavy atom. The summed E-state index contributed by atoms with van der Waals surface area (Å²) in [6.07, 6.45) is 2.34. The van der Waals surface area contributed by atoms with Gasteiger partial charge in [0.15, 0.2) is 0 Å². The molecule has 0 N–H and O–H groups in total. The molecular formula is C13H18BrClO. The summed E-state index contributed by atoms with van der Waals surface area (Å²) in [7, 11) is 1.76. The third kappa shape index (κ3) is 4.44. The van der Waals surface area contributed by atoms with Crippen LogP contribution in [0, 0.1) is 5.92 Å². The zero-order valence-electron chi connectivity index (χ0n) is 9.75. The third-order valence-electron chi connectivity index (χ3n) is 2.75. The highest BCUT2D eigenvalue weighted by molar-refractivity contribution is 9.09. The normalized spacial score (nSPS) is 14.8. The standard InChI is InChI=1S/C13H18BrClO/c1-10(16-2)7-11(9-14)8-12-5-3-4-6-13(12)15/h3-6,10-11H,7-9H2,1-2H3. The van der Waals surface area contributed by atoms with E-state index >= 15 is 0 Å². The molecular weight excluding hydrogens is 287 g/mol. The molecule has 2 unspecified atom stereocenters. The van der Waals surface area contributed by atoms with Gasteiger partial charge in [0, 0.05) is 17.5 Å². The first-order chi connectivity index (χ1) is 7.67. The van der Waals surface area contributed by atoms with E-state index in [2.05, 4.69) is 28.9 Å². The molecule has 0 fully saturated rings. The molecule has 0 aliphatic rings. The monoisotopic (exact) mass is 304 g/mol. The molecule has 0 saturated carbocycles. The predicted octanol–water partition coefficient (Wildman–Crippen LogP) is 4.32. The second-order valence-electron chi connectivity index (χ2n) is 4.10. The van der Waals surface area contributed by atoms with Crippen molar-refractivity contribution in [2.24, 2.45) is 5.92 Å². The molecule has 0 amide bonds. The first-order valence-electron chi connectivity index (χ1n) is 5.49. The van der Waals surface area contributed by atoms with Gasteiger partial charge in [-0.25, -0.2) is 0 Å². The Bertz CT molecular complexity index is 317. The molecule has 0 aromatic heterocycles. The van der Waals surface area contributed by atoms with E-state index in [9.17, 15) is 0 Å². The Morgan fingerprint density at radius 3 is 2.62 bits per heavy atom. The Balaban J connectivity index is 2.60. The van der Waals surface area contributed by atoms with E-state index < -0.39 is 0 Å². The summed E-state index contributed by atoms with van der Waals surface area (Å²) in [5, 5.41) is 1.84. The minimum Gasteiger partial charge on any atom is -0.382 e. The highest BCUT2D eigenvalue weighted by atomic mass is 79.9. The van der Waals surface area contributed by atoms with Gasteiger partial charge in [0.05, 0.1) is 6.10 Å². The maximum Gasteiger partial charge on any atom is 0.0546 e. The van der Waals surface area contributed by atoms with E-state index in [1.807, 2.05) is 18.2 Å². The van der Waals surface area contributed by atoms with Crippen molar-refractivity contribution in [3.8, 4) is 0 Å². The van der Waals surface area contributed by atoms with E-state index in [0.717, 1.165) is 23.2 Å². The molecule has 1 rings (SSSR count). The Morgan fingerprint density at radius 2 is 2.06 bits per heavy atom. The largest absolute Gasteiger partial charge is 0.382 e. The van der Waals surface area contributed by atoms with Crippen LogP contribution in [0.3, 0.4) is 0 Å². The number of hydrogen-bond acceptors (Lipinski definition) is 1. The zero-order valence-corrected chi connectivity index (χ0v) is 12.1. The van der Waals surface area contributed by atoms with Crippen molar-refractivity contribution >= 4 is 27.5 Å². The van der Waals surface area contributed by atoms with Gasteiger partial charge in [0.1, 0.15) is 0 Å². The fraction of sp³-hybridized carbons (Fsp3) is 0.538. The van der Waals surface area contributed by atoms with Crippen LogP contribution in [-0.4, -0.2) is 18.5 Å². The van der Waals surface area contributed by atoms with E-state index in [4.69, 9.17) is 16.3 Å². The molecule has 16 heavy (non-hydrogen) atoms. The van der Waals surface area contributed by atoms with Crippen LogP contribution in [0.1, 0.15) is 18.9 Å². The molecule has 0 radical (unpaired) electrons. The summed E-state index contributed by atoms with van der Waals surface area (Å²) >= 11 is 9.71. The predicted molar refractivity (Wildman–Crippen MR) is 73.5 cm³/mol. The molecule has 0 heterocycles. The second-order valence-corrected chi connectivity index (χ2v) is 5.15. The fourth-order valence-electron chi connectivity index (χ4n) is 1.74. The van der Waals surface area contributed by atoms with Crippen molar-refractivity contribution in [3.63, 3.8) is 0 Å². The highest BCUT2D eigenvalue weighted by Crippen LogP contribution is 2.22. The average Bonchev–Trinajstić information content (AvgIpc) is 2.30. The van der Waals surface area contributed by atoms with Crippen LogP contribution < -0.4 is 0 Å². The van der Waals surface area contributed by atoms with Gasteiger partial charge in [-0.3, -0.25) is 0 Å². The van der Waals surface area contributed by atoms with Crippen LogP contribution in [0.5, 0.6) is 0 Å². The Hall–Kier alpha value is -0.0500. The first kappa shape index (κ1) is 14.0. The molecule has 0 saturated heterocycles. The maximum absolute atomic E-state index is 6.15. The van der Waals surface area contributed by atoms with Crippen molar-refractivity contribution in [1.29, 1.82) is 0 Å². The van der Waals surface area contributed by atoms with Crippen LogP contribution in [0.15, 0.2) is 24.3 Å². The van der Waals surface area contributed by atoms with Crippen molar-refractivity contribution in [2.75, 3.05) is 12.4 Å². The number of alkyl halides is 1. The molecule has 0 aliphatic heterocycles. The molecule has 0 spiro atoms. The topological polar surface area (TPSA) is 9.23 Å². The molecule has 1 aromatic rings. The lowest BCUT2D eigenvalue weighted by Gasteiger charge is -2.18. The molecule has 1 nitrogen and oxygen atoms in total. The average molecular weight is 306 g/mol. The van der Waals surface area contributed by atoms with E-state index in [1.165, 1.54) is 5.56 Å². The number of methoxy groups -OCH3 is 1. The summed E-state index contributed by atoms with van der Waals surface area (Å²) in [4.78, 5) is 0. The summed E-state index contributed by atoms with van der Waals surface area (Å²) in [6, 6.07) is 8.04. The van der Waals surface area contributed by atoms with Gasteiger partial charge in [-0.05, 0) is 37.3 Å². The van der Waals surface area contributed by atoms with Crippen LogP contribution in [-0.2, 0) is 11.2 Å². The summed E-state index contributed by atoms with van der Waals surface area (Å²) < 4.78 is 5.30. The number of benzene rings is 1. The molecule has 90 valence electrons. The van der Waals surface area contributed by atoms with Gasteiger partial charge >= 0.3 is 0 Å². The number of ether oxygens (including phenoxy) is 1. The van der Waals surface area contributed by atoms with Crippen molar-refractivity contribution in [2.45, 2.75) is 25.9 Å².